The number of aryl methyl sites for hydroxylation is 1. The maximum absolute atomic E-state index is 14.9. The lowest BCUT2D eigenvalue weighted by atomic mass is 10.1. The summed E-state index contributed by atoms with van der Waals surface area (Å²) >= 11 is 1.45. The molecular formula is C23H28FN5OS. The standard InChI is InChI=1S/C23H28FN5OS/c1-14-25-12-21(31-14)16-11-20(30-5)17(10-18(16)24)19-6-7-22(28-27-19)29-9-8-15(13-29)26-23(2,3)4/h6-7,10-12,15,26H,8-9,13H2,1-5H3. The zero-order chi connectivity index (χ0) is 22.2. The third kappa shape index (κ3) is 4.85. The number of halogens is 1. The first-order valence-corrected chi connectivity index (χ1v) is 11.2. The van der Waals surface area contributed by atoms with E-state index in [4.69, 9.17) is 4.74 Å². The number of hydrogen-bond acceptors (Lipinski definition) is 7. The number of nitrogens with one attached hydrogen (secondary N) is 1. The number of anilines is 1. The van der Waals surface area contributed by atoms with Crippen molar-refractivity contribution >= 4 is 17.2 Å². The molecule has 1 saturated heterocycles. The summed E-state index contributed by atoms with van der Waals surface area (Å²) in [7, 11) is 1.58. The molecule has 0 radical (unpaired) electrons. The van der Waals surface area contributed by atoms with Crippen LogP contribution in [0, 0.1) is 12.7 Å². The summed E-state index contributed by atoms with van der Waals surface area (Å²) in [6, 6.07) is 7.42. The summed E-state index contributed by atoms with van der Waals surface area (Å²) in [6.45, 7) is 10.3. The molecule has 6 nitrogen and oxygen atoms in total. The van der Waals surface area contributed by atoms with Crippen LogP contribution in [0.25, 0.3) is 21.7 Å². The molecule has 31 heavy (non-hydrogen) atoms. The second kappa shape index (κ2) is 8.51. The maximum atomic E-state index is 14.9. The molecule has 2 aromatic heterocycles. The predicted molar refractivity (Wildman–Crippen MR) is 123 cm³/mol. The maximum Gasteiger partial charge on any atom is 0.151 e. The fourth-order valence-electron chi connectivity index (χ4n) is 3.93. The molecule has 0 amide bonds. The Hall–Kier alpha value is -2.58. The van der Waals surface area contributed by atoms with E-state index in [1.165, 1.54) is 17.4 Å². The van der Waals surface area contributed by atoms with Crippen LogP contribution in [0.5, 0.6) is 5.75 Å². The Balaban J connectivity index is 1.56. The first-order valence-electron chi connectivity index (χ1n) is 10.4. The highest BCUT2D eigenvalue weighted by atomic mass is 32.1. The van der Waals surface area contributed by atoms with Crippen LogP contribution < -0.4 is 15.0 Å². The second-order valence-corrected chi connectivity index (χ2v) is 10.1. The predicted octanol–water partition coefficient (Wildman–Crippen LogP) is 4.69. The molecule has 1 N–H and O–H groups in total. The van der Waals surface area contributed by atoms with Crippen LogP contribution in [0.15, 0.2) is 30.5 Å². The first-order chi connectivity index (χ1) is 14.7. The van der Waals surface area contributed by atoms with Gasteiger partial charge >= 0.3 is 0 Å². The first kappa shape index (κ1) is 21.6. The summed E-state index contributed by atoms with van der Waals surface area (Å²) in [6.07, 6.45) is 2.75. The molecule has 0 saturated carbocycles. The Bertz CT molecular complexity index is 1060. The molecule has 3 aromatic rings. The molecule has 8 heteroatoms. The van der Waals surface area contributed by atoms with Crippen molar-refractivity contribution in [2.45, 2.75) is 45.7 Å². The summed E-state index contributed by atoms with van der Waals surface area (Å²) in [5, 5.41) is 13.3. The summed E-state index contributed by atoms with van der Waals surface area (Å²) in [5.41, 5.74) is 1.72. The van der Waals surface area contributed by atoms with Crippen LogP contribution in [0.1, 0.15) is 32.2 Å². The number of aromatic nitrogens is 3. The van der Waals surface area contributed by atoms with Crippen molar-refractivity contribution < 1.29 is 9.13 Å². The molecule has 4 rings (SSSR count). The average Bonchev–Trinajstić information content (AvgIpc) is 3.35. The smallest absolute Gasteiger partial charge is 0.151 e. The van der Waals surface area contributed by atoms with E-state index < -0.39 is 0 Å². The van der Waals surface area contributed by atoms with Crippen molar-refractivity contribution in [2.24, 2.45) is 0 Å². The van der Waals surface area contributed by atoms with E-state index in [0.29, 0.717) is 28.6 Å². The van der Waals surface area contributed by atoms with Gasteiger partial charge in [-0.3, -0.25) is 0 Å². The summed E-state index contributed by atoms with van der Waals surface area (Å²) in [4.78, 5) is 7.22. The number of ether oxygens (including phenoxy) is 1. The van der Waals surface area contributed by atoms with E-state index in [2.05, 4.69) is 46.2 Å². The number of hydrogen-bond donors (Lipinski definition) is 1. The van der Waals surface area contributed by atoms with Gasteiger partial charge in [0.25, 0.3) is 0 Å². The fraction of sp³-hybridized carbons (Fsp3) is 0.435. The van der Waals surface area contributed by atoms with Gasteiger partial charge in [0.2, 0.25) is 0 Å². The number of rotatable bonds is 5. The lowest BCUT2D eigenvalue weighted by Gasteiger charge is -2.26. The SMILES string of the molecule is COc1cc(-c2cnc(C)s2)c(F)cc1-c1ccc(N2CCC(NC(C)(C)C)C2)nn1. The molecule has 1 aliphatic heterocycles. The van der Waals surface area contributed by atoms with Crippen LogP contribution in [0.2, 0.25) is 0 Å². The van der Waals surface area contributed by atoms with Crippen molar-refractivity contribution in [1.29, 1.82) is 0 Å². The van der Waals surface area contributed by atoms with Gasteiger partial charge in [-0.05, 0) is 58.4 Å². The molecule has 1 aromatic carbocycles. The Morgan fingerprint density at radius 3 is 2.61 bits per heavy atom. The topological polar surface area (TPSA) is 63.2 Å². The molecular weight excluding hydrogens is 413 g/mol. The van der Waals surface area contributed by atoms with Crippen molar-refractivity contribution in [1.82, 2.24) is 20.5 Å². The molecule has 1 fully saturated rings. The van der Waals surface area contributed by atoms with Gasteiger partial charge in [-0.1, -0.05) is 0 Å². The van der Waals surface area contributed by atoms with E-state index >= 15 is 0 Å². The number of benzene rings is 1. The molecule has 1 aliphatic rings. The van der Waals surface area contributed by atoms with Gasteiger partial charge < -0.3 is 15.0 Å². The zero-order valence-electron chi connectivity index (χ0n) is 18.6. The highest BCUT2D eigenvalue weighted by molar-refractivity contribution is 7.15. The minimum absolute atomic E-state index is 0.0842. The Kier molecular flexibility index (Phi) is 5.94. The van der Waals surface area contributed by atoms with Crippen LogP contribution in [-0.2, 0) is 0 Å². The summed E-state index contributed by atoms with van der Waals surface area (Å²) in [5.74, 6) is 1.05. The Labute approximate surface area is 186 Å². The van der Waals surface area contributed by atoms with Crippen molar-refractivity contribution in [2.75, 3.05) is 25.1 Å². The normalized spacial score (nSPS) is 16.7. The fourth-order valence-corrected chi connectivity index (χ4v) is 4.73. The third-order valence-corrected chi connectivity index (χ3v) is 6.20. The van der Waals surface area contributed by atoms with E-state index in [-0.39, 0.29) is 11.4 Å². The number of methoxy groups -OCH3 is 1. The molecule has 164 valence electrons. The minimum Gasteiger partial charge on any atom is -0.496 e. The Morgan fingerprint density at radius 1 is 1.19 bits per heavy atom. The molecule has 0 aliphatic carbocycles. The monoisotopic (exact) mass is 441 g/mol. The van der Waals surface area contributed by atoms with Crippen LogP contribution in [0.4, 0.5) is 10.2 Å². The van der Waals surface area contributed by atoms with Gasteiger partial charge in [-0.15, -0.1) is 21.5 Å². The number of thiazole rings is 1. The van der Waals surface area contributed by atoms with E-state index in [1.54, 1.807) is 19.4 Å². The largest absolute Gasteiger partial charge is 0.496 e. The van der Waals surface area contributed by atoms with Gasteiger partial charge in [-0.2, -0.15) is 0 Å². The van der Waals surface area contributed by atoms with Crippen molar-refractivity contribution in [3.05, 3.63) is 41.3 Å². The lowest BCUT2D eigenvalue weighted by Crippen LogP contribution is -2.45. The zero-order valence-corrected chi connectivity index (χ0v) is 19.4. The summed E-state index contributed by atoms with van der Waals surface area (Å²) < 4.78 is 20.5. The van der Waals surface area contributed by atoms with E-state index in [1.807, 2.05) is 19.1 Å². The van der Waals surface area contributed by atoms with Crippen molar-refractivity contribution in [3.63, 3.8) is 0 Å². The van der Waals surface area contributed by atoms with Gasteiger partial charge in [-0.25, -0.2) is 9.37 Å². The van der Waals surface area contributed by atoms with Gasteiger partial charge in [0.1, 0.15) is 11.6 Å². The minimum atomic E-state index is -0.332. The van der Waals surface area contributed by atoms with E-state index in [9.17, 15) is 4.39 Å². The lowest BCUT2D eigenvalue weighted by molar-refractivity contribution is 0.373. The third-order valence-electron chi connectivity index (χ3n) is 5.25. The molecule has 0 spiro atoms. The highest BCUT2D eigenvalue weighted by Crippen LogP contribution is 2.37. The van der Waals surface area contributed by atoms with Crippen molar-refractivity contribution in [3.8, 4) is 27.4 Å². The van der Waals surface area contributed by atoms with Gasteiger partial charge in [0.15, 0.2) is 5.82 Å². The molecule has 0 bridgehead atoms. The van der Waals surface area contributed by atoms with Crippen LogP contribution in [0.3, 0.4) is 0 Å². The number of nitrogens with zero attached hydrogens (tertiary/aromatic N) is 4. The van der Waals surface area contributed by atoms with Gasteiger partial charge in [0, 0.05) is 42.0 Å². The van der Waals surface area contributed by atoms with Gasteiger partial charge in [0.05, 0.1) is 22.7 Å². The van der Waals surface area contributed by atoms with Crippen LogP contribution >= 0.6 is 11.3 Å². The van der Waals surface area contributed by atoms with E-state index in [0.717, 1.165) is 35.2 Å². The average molecular weight is 442 g/mol. The molecule has 1 atom stereocenters. The highest BCUT2D eigenvalue weighted by Gasteiger charge is 2.27. The Morgan fingerprint density at radius 2 is 2.00 bits per heavy atom. The quantitative estimate of drug-likeness (QED) is 0.620. The molecule has 1 unspecified atom stereocenters. The molecule has 3 heterocycles. The second-order valence-electron chi connectivity index (χ2n) is 8.88. The van der Waals surface area contributed by atoms with Crippen LogP contribution in [-0.4, -0.2) is 47.0 Å².